The van der Waals surface area contributed by atoms with Crippen LogP contribution in [0, 0.1) is 0 Å². The third-order valence-electron chi connectivity index (χ3n) is 2.42. The highest BCUT2D eigenvalue weighted by atomic mass is 32.2. The summed E-state index contributed by atoms with van der Waals surface area (Å²) in [4.78, 5) is 4.42. The summed E-state index contributed by atoms with van der Waals surface area (Å²) in [5, 5.41) is 0.812. The Balaban J connectivity index is 2.19. The van der Waals surface area contributed by atoms with E-state index in [9.17, 15) is 8.42 Å². The molecule has 15 heavy (non-hydrogen) atoms. The highest BCUT2D eigenvalue weighted by Gasteiger charge is 2.17. The Bertz CT molecular complexity index is 279. The van der Waals surface area contributed by atoms with E-state index in [0.717, 1.165) is 17.2 Å². The van der Waals surface area contributed by atoms with Gasteiger partial charge in [0.2, 0.25) is 0 Å². The molecule has 0 aliphatic carbocycles. The molecule has 0 amide bonds. The molecule has 0 N–H and O–H groups in total. The van der Waals surface area contributed by atoms with E-state index in [0.29, 0.717) is 6.04 Å². The Morgan fingerprint density at radius 3 is 2.87 bits per heavy atom. The van der Waals surface area contributed by atoms with Gasteiger partial charge in [-0.2, -0.15) is 0 Å². The first-order chi connectivity index (χ1) is 7.22. The summed E-state index contributed by atoms with van der Waals surface area (Å²) in [5.41, 5.74) is 0. The van der Waals surface area contributed by atoms with Crippen molar-refractivity contribution in [3.8, 4) is 0 Å². The molecule has 0 fully saturated rings. The highest BCUT2D eigenvalue weighted by Crippen LogP contribution is 2.22. The number of unbranched alkanes of at least 4 members (excludes halogenated alkanes) is 3. The van der Waals surface area contributed by atoms with Crippen molar-refractivity contribution in [2.45, 2.75) is 45.1 Å². The van der Waals surface area contributed by atoms with Gasteiger partial charge in [0.1, 0.15) is 10.7 Å². The van der Waals surface area contributed by atoms with E-state index in [1.54, 1.807) is 11.8 Å². The molecule has 88 valence electrons. The molecule has 1 heterocycles. The minimum absolute atomic E-state index is 0.144. The fraction of sp³-hybridized carbons (Fsp3) is 0.900. The topological polar surface area (TPSA) is 46.5 Å². The summed E-state index contributed by atoms with van der Waals surface area (Å²) in [7, 11) is -2.30. The molecule has 1 atom stereocenters. The van der Waals surface area contributed by atoms with Gasteiger partial charge in [-0.3, -0.25) is 4.99 Å². The average Bonchev–Trinajstić information content (AvgIpc) is 2.59. The summed E-state index contributed by atoms with van der Waals surface area (Å²) < 4.78 is 21.0. The second kappa shape index (κ2) is 7.28. The maximum Gasteiger partial charge on any atom is 0.146 e. The number of aliphatic imine (C=N–C) groups is 1. The van der Waals surface area contributed by atoms with Crippen molar-refractivity contribution in [2.24, 2.45) is 4.99 Å². The molecule has 0 aromatic carbocycles. The van der Waals surface area contributed by atoms with Gasteiger partial charge >= 0.3 is 0 Å². The van der Waals surface area contributed by atoms with Crippen LogP contribution in [0.15, 0.2) is 4.99 Å². The molecule has 1 aliphatic heterocycles. The van der Waals surface area contributed by atoms with Crippen LogP contribution in [0.5, 0.6) is 0 Å². The Morgan fingerprint density at radius 2 is 2.20 bits per heavy atom. The van der Waals surface area contributed by atoms with Crippen molar-refractivity contribution in [1.82, 2.24) is 0 Å². The van der Waals surface area contributed by atoms with Crippen molar-refractivity contribution in [1.29, 1.82) is 0 Å². The highest BCUT2D eigenvalue weighted by molar-refractivity contribution is 8.15. The maximum absolute atomic E-state index is 10.5. The van der Waals surface area contributed by atoms with Crippen molar-refractivity contribution in [3.05, 3.63) is 0 Å². The first-order valence-corrected chi connectivity index (χ1v) is 7.88. The largest absolute Gasteiger partial charge is 0.278 e. The van der Waals surface area contributed by atoms with Crippen molar-refractivity contribution < 1.29 is 8.42 Å². The van der Waals surface area contributed by atoms with E-state index in [-0.39, 0.29) is 5.75 Å². The first-order valence-electron chi connectivity index (χ1n) is 5.53. The van der Waals surface area contributed by atoms with Crippen LogP contribution in [0.25, 0.3) is 0 Å². The predicted octanol–water partition coefficient (Wildman–Crippen LogP) is 2.08. The fourth-order valence-electron chi connectivity index (χ4n) is 1.62. The second-order valence-electron chi connectivity index (χ2n) is 3.83. The second-order valence-corrected chi connectivity index (χ2v) is 5.90. The lowest BCUT2D eigenvalue weighted by molar-refractivity contribution is 0.584. The predicted molar refractivity (Wildman–Crippen MR) is 67.6 cm³/mol. The molecule has 1 unspecified atom stereocenters. The van der Waals surface area contributed by atoms with Gasteiger partial charge in [0, 0.05) is 5.75 Å². The lowest BCUT2D eigenvalue weighted by Crippen LogP contribution is -2.03. The molecule has 0 aromatic rings. The molecule has 0 radical (unpaired) electrons. The van der Waals surface area contributed by atoms with Crippen molar-refractivity contribution >= 4 is 27.5 Å². The zero-order valence-corrected chi connectivity index (χ0v) is 10.9. The van der Waals surface area contributed by atoms with Crippen molar-refractivity contribution in [3.63, 3.8) is 0 Å². The third-order valence-corrected chi connectivity index (χ3v) is 4.33. The number of rotatable bonds is 7. The van der Waals surface area contributed by atoms with E-state index in [4.69, 9.17) is 0 Å². The van der Waals surface area contributed by atoms with Crippen LogP contribution >= 0.6 is 11.8 Å². The Kier molecular flexibility index (Phi) is 6.32. The molecule has 0 saturated carbocycles. The Labute approximate surface area is 97.7 Å². The molecule has 0 aromatic heterocycles. The number of nitrogens with zero attached hydrogens (tertiary/aromatic N) is 1. The third kappa shape index (κ3) is 5.56. The Morgan fingerprint density at radius 1 is 1.40 bits per heavy atom. The van der Waals surface area contributed by atoms with E-state index in [2.05, 4.69) is 11.9 Å². The van der Waals surface area contributed by atoms with Crippen LogP contribution in [0.1, 0.15) is 39.0 Å². The number of thioether (sulfide) groups is 1. The van der Waals surface area contributed by atoms with Crippen LogP contribution in [-0.4, -0.2) is 31.0 Å². The van der Waals surface area contributed by atoms with Gasteiger partial charge in [-0.15, -0.1) is 11.8 Å². The number of hydrogen-bond acceptors (Lipinski definition) is 4. The van der Waals surface area contributed by atoms with Gasteiger partial charge in [0.25, 0.3) is 0 Å². The summed E-state index contributed by atoms with van der Waals surface area (Å²) in [6, 6.07) is 0.372. The summed E-state index contributed by atoms with van der Waals surface area (Å²) >= 11 is 1.61. The first kappa shape index (κ1) is 13.0. The molecule has 0 saturated heterocycles. The van der Waals surface area contributed by atoms with E-state index in [1.807, 2.05) is 0 Å². The van der Waals surface area contributed by atoms with E-state index < -0.39 is 10.7 Å². The average molecular weight is 249 g/mol. The molecule has 5 heteroatoms. The van der Waals surface area contributed by atoms with Gasteiger partial charge < -0.3 is 0 Å². The van der Waals surface area contributed by atoms with Crippen LogP contribution in [0.4, 0.5) is 0 Å². The van der Waals surface area contributed by atoms with Gasteiger partial charge in [-0.25, -0.2) is 8.42 Å². The van der Waals surface area contributed by atoms with Gasteiger partial charge in [0.15, 0.2) is 0 Å². The van der Waals surface area contributed by atoms with Crippen LogP contribution in [0.2, 0.25) is 0 Å². The summed E-state index contributed by atoms with van der Waals surface area (Å²) in [5.74, 6) is 1.12. The standard InChI is InChI=1S/C10H19NO2S2/c1-2-3-4-5-6-9-7-14-10(11-9)8-15(12)13/h9,15H,2-8H2,1H3. The van der Waals surface area contributed by atoms with Crippen LogP contribution < -0.4 is 0 Å². The monoisotopic (exact) mass is 249 g/mol. The van der Waals surface area contributed by atoms with E-state index >= 15 is 0 Å². The molecule has 3 nitrogen and oxygen atoms in total. The smallest absolute Gasteiger partial charge is 0.146 e. The molecule has 0 bridgehead atoms. The van der Waals surface area contributed by atoms with Crippen LogP contribution in [0.3, 0.4) is 0 Å². The number of hydrogen-bond donors (Lipinski definition) is 1. The molecule has 1 aliphatic rings. The Hall–Kier alpha value is -0.0300. The zero-order valence-electron chi connectivity index (χ0n) is 9.15. The number of thiol groups is 1. The van der Waals surface area contributed by atoms with Gasteiger partial charge in [-0.1, -0.05) is 32.6 Å². The summed E-state index contributed by atoms with van der Waals surface area (Å²) in [6.45, 7) is 2.20. The van der Waals surface area contributed by atoms with E-state index in [1.165, 1.54) is 25.7 Å². The lowest BCUT2D eigenvalue weighted by Gasteiger charge is -2.04. The SMILES string of the molecule is CCCCCCC1CSC(C[SH](=O)=O)=N1. The van der Waals surface area contributed by atoms with Crippen molar-refractivity contribution in [2.75, 3.05) is 11.5 Å². The molecular weight excluding hydrogens is 230 g/mol. The fourth-order valence-corrected chi connectivity index (χ4v) is 3.46. The summed E-state index contributed by atoms with van der Waals surface area (Å²) in [6.07, 6.45) is 6.16. The quantitative estimate of drug-likeness (QED) is 0.555. The molecule has 1 rings (SSSR count). The van der Waals surface area contributed by atoms with Gasteiger partial charge in [-0.05, 0) is 6.42 Å². The lowest BCUT2D eigenvalue weighted by atomic mass is 10.1. The minimum atomic E-state index is -2.30. The van der Waals surface area contributed by atoms with Gasteiger partial charge in [0.05, 0.1) is 16.8 Å². The minimum Gasteiger partial charge on any atom is -0.278 e. The molecule has 0 spiro atoms. The normalized spacial score (nSPS) is 20.9. The molecular formula is C10H19NO2S2. The zero-order chi connectivity index (χ0) is 11.1. The maximum atomic E-state index is 10.5. The van der Waals surface area contributed by atoms with Crippen LogP contribution in [-0.2, 0) is 10.7 Å².